The van der Waals surface area contributed by atoms with Crippen molar-refractivity contribution in [3.05, 3.63) is 66.2 Å². The number of carbonyl (C=O) groups is 2. The maximum atomic E-state index is 13.2. The highest BCUT2D eigenvalue weighted by atomic mass is 35.5. The van der Waals surface area contributed by atoms with Crippen LogP contribution < -0.4 is 15.5 Å². The quantitative estimate of drug-likeness (QED) is 0.782. The molecule has 0 spiro atoms. The monoisotopic (exact) mass is 401 g/mol. The van der Waals surface area contributed by atoms with E-state index in [0.29, 0.717) is 13.0 Å². The van der Waals surface area contributed by atoms with Crippen molar-refractivity contribution in [2.24, 2.45) is 5.92 Å². The lowest BCUT2D eigenvalue weighted by Gasteiger charge is -2.28. The van der Waals surface area contributed by atoms with Crippen LogP contribution in [0.2, 0.25) is 0 Å². The molecule has 1 saturated heterocycles. The van der Waals surface area contributed by atoms with Gasteiger partial charge in [0.05, 0.1) is 5.92 Å². The highest BCUT2D eigenvalue weighted by molar-refractivity contribution is 5.99. The molecule has 2 aromatic carbocycles. The van der Waals surface area contributed by atoms with Gasteiger partial charge in [-0.1, -0.05) is 48.5 Å². The molecule has 0 bridgehead atoms. The summed E-state index contributed by atoms with van der Waals surface area (Å²) >= 11 is 0. The summed E-state index contributed by atoms with van der Waals surface area (Å²) in [5, 5.41) is 6.28. The van der Waals surface area contributed by atoms with Crippen molar-refractivity contribution >= 4 is 29.9 Å². The number of nitrogens with one attached hydrogen (secondary N) is 2. The number of anilines is 1. The van der Waals surface area contributed by atoms with E-state index >= 15 is 0 Å². The number of amides is 2. The van der Waals surface area contributed by atoms with Gasteiger partial charge in [-0.3, -0.25) is 9.59 Å². The number of carbonyl (C=O) groups excluding carboxylic acids is 2. The van der Waals surface area contributed by atoms with Crippen molar-refractivity contribution < 1.29 is 9.59 Å². The number of rotatable bonds is 6. The zero-order valence-corrected chi connectivity index (χ0v) is 17.0. The predicted molar refractivity (Wildman–Crippen MR) is 115 cm³/mol. The first-order valence-corrected chi connectivity index (χ1v) is 9.53. The Bertz CT molecular complexity index is 749. The van der Waals surface area contributed by atoms with Crippen LogP contribution in [0.4, 0.5) is 5.69 Å². The van der Waals surface area contributed by atoms with Crippen molar-refractivity contribution in [3.8, 4) is 0 Å². The third kappa shape index (κ3) is 5.81. The number of hydrogen-bond acceptors (Lipinski definition) is 3. The molecule has 0 radical (unpaired) electrons. The third-order valence-corrected chi connectivity index (χ3v) is 5.04. The van der Waals surface area contributed by atoms with Gasteiger partial charge in [-0.2, -0.15) is 0 Å². The molecule has 1 aliphatic heterocycles. The molecule has 2 atom stereocenters. The Balaban J connectivity index is 0.00000280. The van der Waals surface area contributed by atoms with Crippen LogP contribution in [-0.2, 0) is 16.0 Å². The molecule has 1 fully saturated rings. The van der Waals surface area contributed by atoms with E-state index in [2.05, 4.69) is 10.6 Å². The normalized spacial score (nSPS) is 17.1. The molecule has 2 aromatic rings. The summed E-state index contributed by atoms with van der Waals surface area (Å²) in [5.41, 5.74) is 1.84. The molecule has 1 unspecified atom stereocenters. The van der Waals surface area contributed by atoms with E-state index in [-0.39, 0.29) is 30.1 Å². The number of nitrogens with zero attached hydrogens (tertiary/aromatic N) is 1. The van der Waals surface area contributed by atoms with E-state index in [0.717, 1.165) is 30.6 Å². The second-order valence-electron chi connectivity index (χ2n) is 7.03. The first kappa shape index (κ1) is 21.9. The molecule has 0 aromatic heterocycles. The molecular formula is C22H28ClN3O2. The number of likely N-dealkylation sites (N-methyl/N-ethyl adjacent to an activating group) is 1. The molecule has 2 N–H and O–H groups in total. The van der Waals surface area contributed by atoms with E-state index in [9.17, 15) is 9.59 Å². The second kappa shape index (κ2) is 10.8. The molecule has 2 amide bonds. The Hall–Kier alpha value is -2.37. The maximum Gasteiger partial charge on any atom is 0.249 e. The lowest BCUT2D eigenvalue weighted by Crippen LogP contribution is -2.52. The third-order valence-electron chi connectivity index (χ3n) is 5.04. The van der Waals surface area contributed by atoms with E-state index in [4.69, 9.17) is 0 Å². The second-order valence-corrected chi connectivity index (χ2v) is 7.03. The van der Waals surface area contributed by atoms with Crippen LogP contribution in [0.1, 0.15) is 18.4 Å². The minimum absolute atomic E-state index is 0. The molecule has 3 rings (SSSR count). The van der Waals surface area contributed by atoms with Gasteiger partial charge in [0.15, 0.2) is 0 Å². The first-order chi connectivity index (χ1) is 13.1. The van der Waals surface area contributed by atoms with E-state index in [1.807, 2.05) is 60.7 Å². The minimum atomic E-state index is -0.591. The fourth-order valence-electron chi connectivity index (χ4n) is 3.43. The standard InChI is InChI=1S/C22H27N3O2.ClH/c1-25(19-12-6-3-7-13-19)22(27)20(15-17-9-4-2-5-10-17)24-21(26)18-11-8-14-23-16-18;/h2-7,9-10,12-13,18,20,23H,8,11,14-16H2,1H3,(H,24,26);1H/t18?,20-;/m0./s1. The van der Waals surface area contributed by atoms with E-state index in [1.165, 1.54) is 0 Å². The summed E-state index contributed by atoms with van der Waals surface area (Å²) in [5.74, 6) is -0.230. The van der Waals surface area contributed by atoms with Crippen LogP contribution in [0.15, 0.2) is 60.7 Å². The molecule has 150 valence electrons. The molecule has 0 aliphatic carbocycles. The number of halogens is 1. The zero-order valence-electron chi connectivity index (χ0n) is 16.1. The molecule has 6 heteroatoms. The Morgan fingerprint density at radius 3 is 2.36 bits per heavy atom. The van der Waals surface area contributed by atoms with Crippen LogP contribution >= 0.6 is 12.4 Å². The largest absolute Gasteiger partial charge is 0.344 e. The Labute approximate surface area is 172 Å². The van der Waals surface area contributed by atoms with Crippen LogP contribution in [0.5, 0.6) is 0 Å². The zero-order chi connectivity index (χ0) is 19.1. The van der Waals surface area contributed by atoms with Crippen LogP contribution in [0, 0.1) is 5.92 Å². The van der Waals surface area contributed by atoms with Gasteiger partial charge >= 0.3 is 0 Å². The van der Waals surface area contributed by atoms with E-state index in [1.54, 1.807) is 11.9 Å². The number of para-hydroxylation sites is 1. The van der Waals surface area contributed by atoms with Gasteiger partial charge in [-0.05, 0) is 37.1 Å². The number of piperidine rings is 1. The van der Waals surface area contributed by atoms with Gasteiger partial charge in [0.2, 0.25) is 11.8 Å². The summed E-state index contributed by atoms with van der Waals surface area (Å²) in [6.07, 6.45) is 2.32. The summed E-state index contributed by atoms with van der Waals surface area (Å²) in [6, 6.07) is 18.7. The fraction of sp³-hybridized carbons (Fsp3) is 0.364. The maximum absolute atomic E-state index is 13.2. The SMILES string of the molecule is CN(C(=O)[C@H](Cc1ccccc1)NC(=O)C1CCCNC1)c1ccccc1.Cl. The van der Waals surface area contributed by atoms with E-state index < -0.39 is 6.04 Å². The van der Waals surface area contributed by atoms with Gasteiger partial charge < -0.3 is 15.5 Å². The smallest absolute Gasteiger partial charge is 0.249 e. The molecule has 5 nitrogen and oxygen atoms in total. The van der Waals surface area contributed by atoms with Gasteiger partial charge in [0.1, 0.15) is 6.04 Å². The first-order valence-electron chi connectivity index (χ1n) is 9.53. The van der Waals surface area contributed by atoms with Crippen molar-refractivity contribution in [2.75, 3.05) is 25.0 Å². The van der Waals surface area contributed by atoms with Crippen LogP contribution in [0.3, 0.4) is 0 Å². The molecule has 1 heterocycles. The lowest BCUT2D eigenvalue weighted by molar-refractivity contribution is -0.130. The molecule has 1 aliphatic rings. The highest BCUT2D eigenvalue weighted by Crippen LogP contribution is 2.16. The van der Waals surface area contributed by atoms with Crippen LogP contribution in [-0.4, -0.2) is 38.0 Å². The average Bonchev–Trinajstić information content (AvgIpc) is 2.74. The Morgan fingerprint density at radius 2 is 1.75 bits per heavy atom. The number of benzene rings is 2. The summed E-state index contributed by atoms with van der Waals surface area (Å²) in [6.45, 7) is 1.62. The fourth-order valence-corrected chi connectivity index (χ4v) is 3.43. The van der Waals surface area contributed by atoms with Gasteiger partial charge in [0, 0.05) is 25.7 Å². The predicted octanol–water partition coefficient (Wildman–Crippen LogP) is 2.80. The summed E-state index contributed by atoms with van der Waals surface area (Å²) in [7, 11) is 1.75. The van der Waals surface area contributed by atoms with Crippen LogP contribution in [0.25, 0.3) is 0 Å². The molecular weight excluding hydrogens is 374 g/mol. The average molecular weight is 402 g/mol. The van der Waals surface area contributed by atoms with Gasteiger partial charge in [-0.25, -0.2) is 0 Å². The summed E-state index contributed by atoms with van der Waals surface area (Å²) in [4.78, 5) is 27.5. The Kier molecular flexibility index (Phi) is 8.48. The lowest BCUT2D eigenvalue weighted by atomic mass is 9.97. The van der Waals surface area contributed by atoms with Crippen molar-refractivity contribution in [3.63, 3.8) is 0 Å². The van der Waals surface area contributed by atoms with Gasteiger partial charge in [0.25, 0.3) is 0 Å². The summed E-state index contributed by atoms with van der Waals surface area (Å²) < 4.78 is 0. The van der Waals surface area contributed by atoms with Crippen molar-refractivity contribution in [2.45, 2.75) is 25.3 Å². The number of hydrogen-bond donors (Lipinski definition) is 2. The minimum Gasteiger partial charge on any atom is -0.344 e. The highest BCUT2D eigenvalue weighted by Gasteiger charge is 2.29. The molecule has 28 heavy (non-hydrogen) atoms. The molecule has 0 saturated carbocycles. The Morgan fingerprint density at radius 1 is 1.11 bits per heavy atom. The topological polar surface area (TPSA) is 61.4 Å². The van der Waals surface area contributed by atoms with Gasteiger partial charge in [-0.15, -0.1) is 12.4 Å². The van der Waals surface area contributed by atoms with Crippen molar-refractivity contribution in [1.82, 2.24) is 10.6 Å². The van der Waals surface area contributed by atoms with Crippen molar-refractivity contribution in [1.29, 1.82) is 0 Å².